The van der Waals surface area contributed by atoms with Crippen LogP contribution in [0.3, 0.4) is 0 Å². The fourth-order valence-corrected chi connectivity index (χ4v) is 0.811. The molecular formula is C7H5FN5. The van der Waals surface area contributed by atoms with Crippen molar-refractivity contribution >= 4 is 5.82 Å². The molecule has 0 aliphatic heterocycles. The SMILES string of the molecule is Fc1cccnc1Nn1c[c]nn1. The Hall–Kier alpha value is -1.98. The van der Waals surface area contributed by atoms with E-state index in [0.29, 0.717) is 0 Å². The van der Waals surface area contributed by atoms with E-state index >= 15 is 0 Å². The highest BCUT2D eigenvalue weighted by Gasteiger charge is 2.01. The Morgan fingerprint density at radius 2 is 2.46 bits per heavy atom. The predicted molar refractivity (Wildman–Crippen MR) is 42.1 cm³/mol. The van der Waals surface area contributed by atoms with E-state index in [4.69, 9.17) is 0 Å². The quantitative estimate of drug-likeness (QED) is 0.727. The Bertz CT molecular complexity index is 386. The number of anilines is 1. The Labute approximate surface area is 73.2 Å². The van der Waals surface area contributed by atoms with Gasteiger partial charge in [-0.1, -0.05) is 0 Å². The molecule has 2 rings (SSSR count). The highest BCUT2D eigenvalue weighted by atomic mass is 19.1. The van der Waals surface area contributed by atoms with Crippen LogP contribution in [0.15, 0.2) is 24.5 Å². The van der Waals surface area contributed by atoms with Gasteiger partial charge in [0.15, 0.2) is 11.6 Å². The van der Waals surface area contributed by atoms with E-state index in [1.54, 1.807) is 0 Å². The van der Waals surface area contributed by atoms with Crippen LogP contribution in [0.5, 0.6) is 0 Å². The number of hydrogen-bond acceptors (Lipinski definition) is 4. The molecule has 0 bridgehead atoms. The van der Waals surface area contributed by atoms with Crippen molar-refractivity contribution in [2.45, 2.75) is 0 Å². The Morgan fingerprint density at radius 3 is 3.15 bits per heavy atom. The minimum absolute atomic E-state index is 0.0985. The first-order chi connectivity index (χ1) is 6.36. The zero-order valence-corrected chi connectivity index (χ0v) is 6.48. The molecular weight excluding hydrogens is 173 g/mol. The van der Waals surface area contributed by atoms with Gasteiger partial charge in [0, 0.05) is 6.20 Å². The van der Waals surface area contributed by atoms with Gasteiger partial charge in [0.2, 0.25) is 0 Å². The molecule has 2 aromatic heterocycles. The first kappa shape index (κ1) is 7.66. The van der Waals surface area contributed by atoms with Crippen molar-refractivity contribution < 1.29 is 4.39 Å². The number of nitrogens with one attached hydrogen (secondary N) is 1. The van der Waals surface area contributed by atoms with Crippen LogP contribution in [0.1, 0.15) is 0 Å². The molecule has 1 radical (unpaired) electrons. The van der Waals surface area contributed by atoms with Gasteiger partial charge in [0.25, 0.3) is 0 Å². The average Bonchev–Trinajstić information content (AvgIpc) is 2.61. The summed E-state index contributed by atoms with van der Waals surface area (Å²) in [6, 6.07) is 2.81. The summed E-state index contributed by atoms with van der Waals surface area (Å²) in [5, 5.41) is 6.97. The molecule has 0 aliphatic rings. The second-order valence-electron chi connectivity index (χ2n) is 2.24. The Kier molecular flexibility index (Phi) is 1.87. The van der Waals surface area contributed by atoms with Gasteiger partial charge in [0.05, 0.1) is 6.20 Å². The van der Waals surface area contributed by atoms with Crippen molar-refractivity contribution in [3.8, 4) is 0 Å². The molecule has 65 valence electrons. The number of aromatic nitrogens is 4. The summed E-state index contributed by atoms with van der Waals surface area (Å²) in [6.07, 6.45) is 5.36. The van der Waals surface area contributed by atoms with E-state index in [9.17, 15) is 4.39 Å². The summed E-state index contributed by atoms with van der Waals surface area (Å²) in [6.45, 7) is 0. The highest BCUT2D eigenvalue weighted by Crippen LogP contribution is 2.07. The van der Waals surface area contributed by atoms with Gasteiger partial charge in [-0.25, -0.2) is 9.37 Å². The first-order valence-corrected chi connectivity index (χ1v) is 3.52. The number of hydrogen-bond donors (Lipinski definition) is 1. The number of halogens is 1. The lowest BCUT2D eigenvalue weighted by Crippen LogP contribution is -2.12. The van der Waals surface area contributed by atoms with Gasteiger partial charge in [-0.15, -0.1) is 5.10 Å². The van der Waals surface area contributed by atoms with Crippen molar-refractivity contribution in [3.63, 3.8) is 0 Å². The maximum atomic E-state index is 13.0. The summed E-state index contributed by atoms with van der Waals surface area (Å²) in [4.78, 5) is 4.98. The largest absolute Gasteiger partial charge is 0.257 e. The number of rotatable bonds is 2. The second-order valence-corrected chi connectivity index (χ2v) is 2.24. The molecule has 0 atom stereocenters. The maximum absolute atomic E-state index is 13.0. The molecule has 0 fully saturated rings. The standard InChI is InChI=1S/C7H5FN5/c8-6-2-1-3-9-7(6)11-13-5-4-10-12-13/h1-3,5H,(H,9,11). The van der Waals surface area contributed by atoms with E-state index in [1.165, 1.54) is 29.3 Å². The van der Waals surface area contributed by atoms with Crippen molar-refractivity contribution in [2.24, 2.45) is 0 Å². The fraction of sp³-hybridized carbons (Fsp3) is 0. The smallest absolute Gasteiger partial charge is 0.182 e. The summed E-state index contributed by atoms with van der Waals surface area (Å²) < 4.78 is 13.0. The second kappa shape index (κ2) is 3.18. The zero-order valence-electron chi connectivity index (χ0n) is 6.48. The number of nitrogens with zero attached hydrogens (tertiary/aromatic N) is 4. The first-order valence-electron chi connectivity index (χ1n) is 3.52. The van der Waals surface area contributed by atoms with Gasteiger partial charge < -0.3 is 0 Å². The van der Waals surface area contributed by atoms with Crippen LogP contribution in [0, 0.1) is 12.0 Å². The molecule has 0 unspecified atom stereocenters. The summed E-state index contributed by atoms with van der Waals surface area (Å²) in [5.74, 6) is -0.348. The van der Waals surface area contributed by atoms with Crippen molar-refractivity contribution in [3.05, 3.63) is 36.5 Å². The van der Waals surface area contributed by atoms with E-state index in [-0.39, 0.29) is 5.82 Å². The van der Waals surface area contributed by atoms with Crippen molar-refractivity contribution in [1.29, 1.82) is 0 Å². The summed E-state index contributed by atoms with van der Waals surface area (Å²) in [5.41, 5.74) is 2.58. The lowest BCUT2D eigenvalue weighted by molar-refractivity contribution is 0.616. The fourth-order valence-electron chi connectivity index (χ4n) is 0.811. The molecule has 0 spiro atoms. The van der Waals surface area contributed by atoms with E-state index in [2.05, 4.69) is 26.9 Å². The summed E-state index contributed by atoms with van der Waals surface area (Å²) >= 11 is 0. The maximum Gasteiger partial charge on any atom is 0.182 e. The predicted octanol–water partition coefficient (Wildman–Crippen LogP) is 0.488. The van der Waals surface area contributed by atoms with Crippen LogP contribution in [-0.2, 0) is 0 Å². The van der Waals surface area contributed by atoms with Gasteiger partial charge >= 0.3 is 0 Å². The molecule has 1 N–H and O–H groups in total. The molecule has 6 heteroatoms. The molecule has 0 aliphatic carbocycles. The highest BCUT2D eigenvalue weighted by molar-refractivity contribution is 5.34. The van der Waals surface area contributed by atoms with Gasteiger partial charge in [-0.3, -0.25) is 5.43 Å². The molecule has 5 nitrogen and oxygen atoms in total. The third kappa shape index (κ3) is 1.61. The average molecular weight is 178 g/mol. The molecule has 0 amide bonds. The van der Waals surface area contributed by atoms with Gasteiger partial charge in [-0.2, -0.15) is 4.79 Å². The molecule has 0 aromatic carbocycles. The molecule has 13 heavy (non-hydrogen) atoms. The third-order valence-corrected chi connectivity index (χ3v) is 1.36. The minimum Gasteiger partial charge on any atom is -0.257 e. The minimum atomic E-state index is -0.446. The van der Waals surface area contributed by atoms with E-state index in [0.717, 1.165) is 0 Å². The Balaban J connectivity index is 2.24. The topological polar surface area (TPSA) is 55.6 Å². The van der Waals surface area contributed by atoms with Crippen LogP contribution >= 0.6 is 0 Å². The van der Waals surface area contributed by atoms with E-state index in [1.807, 2.05) is 0 Å². The monoisotopic (exact) mass is 178 g/mol. The molecule has 0 saturated heterocycles. The van der Waals surface area contributed by atoms with Gasteiger partial charge in [-0.05, 0) is 17.3 Å². The molecule has 2 heterocycles. The molecule has 0 saturated carbocycles. The molecule has 2 aromatic rings. The van der Waals surface area contributed by atoms with Crippen LogP contribution in [0.25, 0.3) is 0 Å². The van der Waals surface area contributed by atoms with Crippen molar-refractivity contribution in [2.75, 3.05) is 5.43 Å². The van der Waals surface area contributed by atoms with E-state index < -0.39 is 5.82 Å². The lowest BCUT2D eigenvalue weighted by Gasteiger charge is -2.03. The van der Waals surface area contributed by atoms with Crippen LogP contribution in [-0.4, -0.2) is 20.1 Å². The van der Waals surface area contributed by atoms with Gasteiger partial charge in [0.1, 0.15) is 6.20 Å². The van der Waals surface area contributed by atoms with Crippen molar-refractivity contribution in [1.82, 2.24) is 20.1 Å². The lowest BCUT2D eigenvalue weighted by atomic mass is 10.4. The van der Waals surface area contributed by atoms with Crippen LogP contribution in [0.2, 0.25) is 0 Å². The normalized spacial score (nSPS) is 9.92. The van der Waals surface area contributed by atoms with Crippen LogP contribution < -0.4 is 5.43 Å². The van der Waals surface area contributed by atoms with Crippen LogP contribution in [0.4, 0.5) is 10.2 Å². The third-order valence-electron chi connectivity index (χ3n) is 1.36. The Morgan fingerprint density at radius 1 is 1.54 bits per heavy atom. The number of pyridine rings is 1. The zero-order chi connectivity index (χ0) is 9.10. The summed E-state index contributed by atoms with van der Waals surface area (Å²) in [7, 11) is 0.